The molecule has 0 amide bonds. The first-order chi connectivity index (χ1) is 4.72. The molecule has 0 aliphatic carbocycles. The first-order valence-electron chi connectivity index (χ1n) is 2.50. The van der Waals surface area contributed by atoms with Crippen LogP contribution in [-0.4, -0.2) is 24.9 Å². The molecule has 0 fully saturated rings. The maximum absolute atomic E-state index is 10.5. The highest BCUT2D eigenvalue weighted by molar-refractivity contribution is 7.97. The van der Waals surface area contributed by atoms with Gasteiger partial charge in [0.1, 0.15) is 6.04 Å². The van der Waals surface area contributed by atoms with E-state index in [4.69, 9.17) is 5.73 Å². The fourth-order valence-electron chi connectivity index (χ4n) is 0.330. The molecule has 0 aromatic heterocycles. The highest BCUT2D eigenvalue weighted by Crippen LogP contribution is 2.01. The molecule has 0 bridgehead atoms. The van der Waals surface area contributed by atoms with E-state index in [2.05, 4.69) is 9.32 Å². The fourth-order valence-corrected chi connectivity index (χ4v) is 0.688. The van der Waals surface area contributed by atoms with Crippen LogP contribution in [0.25, 0.3) is 0 Å². The molecule has 2 N–H and O–H groups in total. The predicted molar refractivity (Wildman–Crippen MR) is 38.2 cm³/mol. The van der Waals surface area contributed by atoms with Gasteiger partial charge in [-0.15, -0.1) is 4.91 Å². The lowest BCUT2D eigenvalue weighted by Crippen LogP contribution is -2.33. The van der Waals surface area contributed by atoms with E-state index < -0.39 is 12.0 Å². The van der Waals surface area contributed by atoms with Crippen molar-refractivity contribution in [3.63, 3.8) is 0 Å². The number of methoxy groups -OCH3 is 1. The predicted octanol–water partition coefficient (Wildman–Crippen LogP) is -0.0987. The van der Waals surface area contributed by atoms with Crippen LogP contribution >= 0.6 is 11.9 Å². The Labute approximate surface area is 62.4 Å². The zero-order chi connectivity index (χ0) is 7.98. The van der Waals surface area contributed by atoms with Gasteiger partial charge in [0.2, 0.25) is 0 Å². The summed E-state index contributed by atoms with van der Waals surface area (Å²) in [6.45, 7) is 0. The van der Waals surface area contributed by atoms with Crippen molar-refractivity contribution in [1.29, 1.82) is 0 Å². The third-order valence-corrected chi connectivity index (χ3v) is 1.42. The van der Waals surface area contributed by atoms with Gasteiger partial charge in [0.15, 0.2) is 0 Å². The lowest BCUT2D eigenvalue weighted by molar-refractivity contribution is -0.141. The van der Waals surface area contributed by atoms with Gasteiger partial charge in [-0.3, -0.25) is 4.79 Å². The molecular formula is C4H8N2O3S. The monoisotopic (exact) mass is 164 g/mol. The third kappa shape index (κ3) is 3.41. The number of esters is 1. The smallest absolute Gasteiger partial charge is 0.323 e. The Morgan fingerprint density at radius 1 is 1.90 bits per heavy atom. The maximum atomic E-state index is 10.5. The van der Waals surface area contributed by atoms with Gasteiger partial charge in [0.25, 0.3) is 0 Å². The topological polar surface area (TPSA) is 81.8 Å². The lowest BCUT2D eigenvalue weighted by atomic mass is 10.4. The molecule has 0 aliphatic rings. The zero-order valence-electron chi connectivity index (χ0n) is 5.44. The second kappa shape index (κ2) is 5.19. The van der Waals surface area contributed by atoms with E-state index in [1.54, 1.807) is 0 Å². The average molecular weight is 164 g/mol. The van der Waals surface area contributed by atoms with Crippen molar-refractivity contribution in [2.24, 2.45) is 10.3 Å². The van der Waals surface area contributed by atoms with Gasteiger partial charge in [-0.1, -0.05) is 0 Å². The maximum Gasteiger partial charge on any atom is 0.323 e. The Kier molecular flexibility index (Phi) is 4.87. The minimum Gasteiger partial charge on any atom is -0.468 e. The van der Waals surface area contributed by atoms with Crippen LogP contribution in [0.3, 0.4) is 0 Å². The van der Waals surface area contributed by atoms with Crippen molar-refractivity contribution in [3.05, 3.63) is 4.91 Å². The summed E-state index contributed by atoms with van der Waals surface area (Å²) in [6.07, 6.45) is 0. The van der Waals surface area contributed by atoms with Crippen molar-refractivity contribution in [3.8, 4) is 0 Å². The van der Waals surface area contributed by atoms with Gasteiger partial charge < -0.3 is 10.5 Å². The molecule has 5 nitrogen and oxygen atoms in total. The number of hydrogen-bond acceptors (Lipinski definition) is 6. The largest absolute Gasteiger partial charge is 0.468 e. The summed E-state index contributed by atoms with van der Waals surface area (Å²) in [7, 11) is 1.24. The van der Waals surface area contributed by atoms with Crippen molar-refractivity contribution in [2.45, 2.75) is 6.04 Å². The number of hydrogen-bond donors (Lipinski definition) is 1. The second-order valence-electron chi connectivity index (χ2n) is 1.50. The Balaban J connectivity index is 3.50. The summed E-state index contributed by atoms with van der Waals surface area (Å²) in [6, 6.07) is -0.757. The van der Waals surface area contributed by atoms with Crippen molar-refractivity contribution in [1.82, 2.24) is 0 Å². The normalized spacial score (nSPS) is 12.2. The van der Waals surface area contributed by atoms with Crippen LogP contribution in [0, 0.1) is 4.91 Å². The number of rotatable bonds is 4. The Hall–Kier alpha value is -0.620. The molecular weight excluding hydrogens is 156 g/mol. The summed E-state index contributed by atoms with van der Waals surface area (Å²) < 4.78 is 6.76. The van der Waals surface area contributed by atoms with E-state index in [0.717, 1.165) is 0 Å². The highest BCUT2D eigenvalue weighted by atomic mass is 32.2. The van der Waals surface area contributed by atoms with Crippen LogP contribution in [0.5, 0.6) is 0 Å². The van der Waals surface area contributed by atoms with Gasteiger partial charge >= 0.3 is 5.97 Å². The van der Waals surface area contributed by atoms with Gasteiger partial charge in [0.05, 0.1) is 7.11 Å². The standard InChI is InChI=1S/C4H8N2O3S/c1-9-4(7)3(5)2-10-6-8/h3H,2,5H2,1H3/t3-/m0/s1. The van der Waals surface area contributed by atoms with E-state index in [-0.39, 0.29) is 5.75 Å². The minimum atomic E-state index is -0.757. The Morgan fingerprint density at radius 2 is 2.50 bits per heavy atom. The van der Waals surface area contributed by atoms with Crippen LogP contribution in [0.15, 0.2) is 4.58 Å². The number of nitrogens with zero attached hydrogens (tertiary/aromatic N) is 1. The fraction of sp³-hybridized carbons (Fsp3) is 0.750. The Bertz CT molecular complexity index is 130. The molecule has 6 heteroatoms. The van der Waals surface area contributed by atoms with Crippen LogP contribution in [-0.2, 0) is 9.53 Å². The van der Waals surface area contributed by atoms with E-state index in [0.29, 0.717) is 11.9 Å². The molecule has 0 saturated heterocycles. The molecule has 0 radical (unpaired) electrons. The minimum absolute atomic E-state index is 0.163. The molecule has 0 rings (SSSR count). The van der Waals surface area contributed by atoms with Gasteiger partial charge in [-0.05, 0) is 0 Å². The summed E-state index contributed by atoms with van der Waals surface area (Å²) in [5.41, 5.74) is 5.22. The molecule has 10 heavy (non-hydrogen) atoms. The van der Waals surface area contributed by atoms with Crippen LogP contribution in [0.4, 0.5) is 0 Å². The first kappa shape index (κ1) is 9.38. The molecule has 0 aromatic rings. The molecule has 0 heterocycles. The summed E-state index contributed by atoms with van der Waals surface area (Å²) in [5.74, 6) is -0.368. The molecule has 58 valence electrons. The molecule has 0 aromatic carbocycles. The van der Waals surface area contributed by atoms with E-state index in [1.807, 2.05) is 0 Å². The lowest BCUT2D eigenvalue weighted by Gasteiger charge is -2.03. The number of ether oxygens (including phenoxy) is 1. The van der Waals surface area contributed by atoms with Gasteiger partial charge in [0, 0.05) is 22.3 Å². The molecule has 1 atom stereocenters. The van der Waals surface area contributed by atoms with E-state index >= 15 is 0 Å². The van der Waals surface area contributed by atoms with Crippen LogP contribution < -0.4 is 5.73 Å². The highest BCUT2D eigenvalue weighted by Gasteiger charge is 2.12. The summed E-state index contributed by atoms with van der Waals surface area (Å²) in [4.78, 5) is 20.0. The molecule has 0 aliphatic heterocycles. The van der Waals surface area contributed by atoms with Crippen molar-refractivity contribution >= 4 is 17.9 Å². The zero-order valence-corrected chi connectivity index (χ0v) is 6.26. The average Bonchev–Trinajstić information content (AvgIpc) is 1.98. The number of nitroso groups, excluding NO2 is 1. The first-order valence-corrected chi connectivity index (χ1v) is 3.44. The molecule has 0 saturated carbocycles. The molecule has 0 spiro atoms. The number of carbonyl (C=O) groups is 1. The van der Waals surface area contributed by atoms with E-state index in [1.165, 1.54) is 7.11 Å². The summed E-state index contributed by atoms with van der Waals surface area (Å²) >= 11 is 0.704. The van der Waals surface area contributed by atoms with Gasteiger partial charge in [-0.2, -0.15) is 0 Å². The van der Waals surface area contributed by atoms with Gasteiger partial charge in [-0.25, -0.2) is 0 Å². The Morgan fingerprint density at radius 3 is 2.90 bits per heavy atom. The SMILES string of the molecule is COC(=O)[C@@H](N)CSN=O. The van der Waals surface area contributed by atoms with Crippen molar-refractivity contribution < 1.29 is 9.53 Å². The quantitative estimate of drug-likeness (QED) is 0.356. The van der Waals surface area contributed by atoms with E-state index in [9.17, 15) is 9.70 Å². The van der Waals surface area contributed by atoms with Crippen LogP contribution in [0.2, 0.25) is 0 Å². The second-order valence-corrected chi connectivity index (χ2v) is 2.24. The summed E-state index contributed by atoms with van der Waals surface area (Å²) in [5, 5.41) is 0. The molecule has 0 unspecified atom stereocenters. The number of carbonyl (C=O) groups excluding carboxylic acids is 1. The van der Waals surface area contributed by atoms with Crippen LogP contribution in [0.1, 0.15) is 0 Å². The van der Waals surface area contributed by atoms with Crippen molar-refractivity contribution in [2.75, 3.05) is 12.9 Å². The third-order valence-electron chi connectivity index (χ3n) is 0.811. The number of nitrogens with two attached hydrogens (primary N) is 1.